The predicted molar refractivity (Wildman–Crippen MR) is 65.5 cm³/mol. The molecule has 3 nitrogen and oxygen atoms in total. The average molecular weight is 297 g/mol. The number of hydrogen-bond acceptors (Lipinski definition) is 3. The van der Waals surface area contributed by atoms with Crippen LogP contribution >= 0.6 is 15.9 Å². The standard InChI is InChI=1S/C12H10BrFN2O/c1-17-12-10(13)7-9(15-16-12)6-8-4-2-3-5-11(8)14/h2-5,7H,6H2,1H3. The van der Waals surface area contributed by atoms with Gasteiger partial charge in [0.1, 0.15) is 5.82 Å². The highest BCUT2D eigenvalue weighted by molar-refractivity contribution is 9.10. The average Bonchev–Trinajstić information content (AvgIpc) is 2.32. The highest BCUT2D eigenvalue weighted by atomic mass is 79.9. The van der Waals surface area contributed by atoms with Crippen molar-refractivity contribution in [1.29, 1.82) is 0 Å². The van der Waals surface area contributed by atoms with Gasteiger partial charge in [-0.3, -0.25) is 0 Å². The van der Waals surface area contributed by atoms with E-state index in [-0.39, 0.29) is 5.82 Å². The van der Waals surface area contributed by atoms with Crippen LogP contribution in [0.5, 0.6) is 5.88 Å². The van der Waals surface area contributed by atoms with Crippen LogP contribution in [0.4, 0.5) is 4.39 Å². The summed E-state index contributed by atoms with van der Waals surface area (Å²) in [7, 11) is 1.52. The minimum absolute atomic E-state index is 0.235. The zero-order chi connectivity index (χ0) is 12.3. The van der Waals surface area contributed by atoms with E-state index in [1.54, 1.807) is 24.3 Å². The Morgan fingerprint density at radius 1 is 1.29 bits per heavy atom. The molecule has 0 amide bonds. The number of aromatic nitrogens is 2. The second-order valence-electron chi connectivity index (χ2n) is 3.46. The first-order chi connectivity index (χ1) is 8.20. The van der Waals surface area contributed by atoms with E-state index in [1.165, 1.54) is 13.2 Å². The molecule has 0 bridgehead atoms. The van der Waals surface area contributed by atoms with Crippen molar-refractivity contribution in [2.75, 3.05) is 7.11 Å². The molecule has 0 radical (unpaired) electrons. The molecule has 17 heavy (non-hydrogen) atoms. The number of benzene rings is 1. The number of ether oxygens (including phenoxy) is 1. The van der Waals surface area contributed by atoms with Crippen molar-refractivity contribution in [3.63, 3.8) is 0 Å². The van der Waals surface area contributed by atoms with Crippen molar-refractivity contribution >= 4 is 15.9 Å². The summed E-state index contributed by atoms with van der Waals surface area (Å²) in [6.07, 6.45) is 0.405. The third-order valence-corrected chi connectivity index (χ3v) is 2.86. The minimum Gasteiger partial charge on any atom is -0.479 e. The van der Waals surface area contributed by atoms with Crippen LogP contribution in [-0.2, 0) is 6.42 Å². The lowest BCUT2D eigenvalue weighted by Crippen LogP contribution is -1.99. The molecule has 0 aliphatic rings. The second-order valence-corrected chi connectivity index (χ2v) is 4.32. The molecule has 88 valence electrons. The van der Waals surface area contributed by atoms with Crippen LogP contribution in [0.2, 0.25) is 0 Å². The molecule has 0 saturated heterocycles. The number of hydrogen-bond donors (Lipinski definition) is 0. The van der Waals surface area contributed by atoms with E-state index in [0.717, 1.165) is 0 Å². The van der Waals surface area contributed by atoms with Crippen LogP contribution in [-0.4, -0.2) is 17.3 Å². The molecule has 5 heteroatoms. The Bertz CT molecular complexity index is 534. The Labute approximate surface area is 107 Å². The van der Waals surface area contributed by atoms with Gasteiger partial charge in [0.15, 0.2) is 0 Å². The van der Waals surface area contributed by atoms with Crippen LogP contribution < -0.4 is 4.74 Å². The molecule has 0 fully saturated rings. The smallest absolute Gasteiger partial charge is 0.247 e. The van der Waals surface area contributed by atoms with E-state index < -0.39 is 0 Å². The minimum atomic E-state index is -0.235. The summed E-state index contributed by atoms with van der Waals surface area (Å²) in [5.74, 6) is 0.184. The van der Waals surface area contributed by atoms with Gasteiger partial charge in [-0.05, 0) is 33.6 Å². The molecular formula is C12H10BrFN2O. The number of nitrogens with zero attached hydrogens (tertiary/aromatic N) is 2. The lowest BCUT2D eigenvalue weighted by molar-refractivity contribution is 0.388. The Balaban J connectivity index is 2.25. The Morgan fingerprint density at radius 3 is 2.71 bits per heavy atom. The maximum Gasteiger partial charge on any atom is 0.247 e. The molecule has 0 aliphatic carbocycles. The fraction of sp³-hybridized carbons (Fsp3) is 0.167. The maximum atomic E-state index is 13.4. The van der Waals surface area contributed by atoms with Gasteiger partial charge in [-0.1, -0.05) is 18.2 Å². The molecule has 0 N–H and O–H groups in total. The fourth-order valence-corrected chi connectivity index (χ4v) is 1.96. The second kappa shape index (κ2) is 5.23. The third kappa shape index (κ3) is 2.79. The van der Waals surface area contributed by atoms with Crippen molar-refractivity contribution in [3.05, 3.63) is 51.9 Å². The lowest BCUT2D eigenvalue weighted by Gasteiger charge is -2.04. The molecule has 2 aromatic rings. The Hall–Kier alpha value is -1.49. The van der Waals surface area contributed by atoms with Gasteiger partial charge in [0.2, 0.25) is 5.88 Å². The molecule has 0 atom stereocenters. The first-order valence-electron chi connectivity index (χ1n) is 5.00. The van der Waals surface area contributed by atoms with Gasteiger partial charge in [-0.25, -0.2) is 4.39 Å². The summed E-state index contributed by atoms with van der Waals surface area (Å²) < 4.78 is 19.1. The molecule has 0 saturated carbocycles. The van der Waals surface area contributed by atoms with Gasteiger partial charge in [0.25, 0.3) is 0 Å². The molecule has 0 unspecified atom stereocenters. The number of methoxy groups -OCH3 is 1. The molecular weight excluding hydrogens is 287 g/mol. The van der Waals surface area contributed by atoms with E-state index >= 15 is 0 Å². The quantitative estimate of drug-likeness (QED) is 0.873. The van der Waals surface area contributed by atoms with Gasteiger partial charge >= 0.3 is 0 Å². The lowest BCUT2D eigenvalue weighted by atomic mass is 10.1. The van der Waals surface area contributed by atoms with Crippen molar-refractivity contribution in [3.8, 4) is 5.88 Å². The third-order valence-electron chi connectivity index (χ3n) is 2.29. The number of rotatable bonds is 3. The van der Waals surface area contributed by atoms with Crippen LogP contribution in [0.15, 0.2) is 34.8 Å². The zero-order valence-corrected chi connectivity index (χ0v) is 10.7. The van der Waals surface area contributed by atoms with Gasteiger partial charge < -0.3 is 4.74 Å². The van der Waals surface area contributed by atoms with Crippen LogP contribution in [0, 0.1) is 5.82 Å². The monoisotopic (exact) mass is 296 g/mol. The molecule has 0 aliphatic heterocycles. The van der Waals surface area contributed by atoms with Gasteiger partial charge in [-0.2, -0.15) is 5.10 Å². The predicted octanol–water partition coefficient (Wildman–Crippen LogP) is 2.98. The normalized spacial score (nSPS) is 10.3. The SMILES string of the molecule is COc1nnc(Cc2ccccc2F)cc1Br. The summed E-state index contributed by atoms with van der Waals surface area (Å²) in [6, 6.07) is 8.40. The zero-order valence-electron chi connectivity index (χ0n) is 9.15. The molecule has 0 spiro atoms. The van der Waals surface area contributed by atoms with E-state index in [1.807, 2.05) is 0 Å². The summed E-state index contributed by atoms with van der Waals surface area (Å²) in [4.78, 5) is 0. The topological polar surface area (TPSA) is 35.0 Å². The van der Waals surface area contributed by atoms with E-state index in [4.69, 9.17) is 4.74 Å². The highest BCUT2D eigenvalue weighted by Crippen LogP contribution is 2.22. The summed E-state index contributed by atoms with van der Waals surface area (Å²) in [5, 5.41) is 7.86. The van der Waals surface area contributed by atoms with Crippen LogP contribution in [0.3, 0.4) is 0 Å². The van der Waals surface area contributed by atoms with Crippen LogP contribution in [0.25, 0.3) is 0 Å². The maximum absolute atomic E-state index is 13.4. The fourth-order valence-electron chi connectivity index (χ4n) is 1.46. The Morgan fingerprint density at radius 2 is 2.06 bits per heavy atom. The largest absolute Gasteiger partial charge is 0.479 e. The summed E-state index contributed by atoms with van der Waals surface area (Å²) in [6.45, 7) is 0. The number of halogens is 2. The van der Waals surface area contributed by atoms with Crippen molar-refractivity contribution in [1.82, 2.24) is 10.2 Å². The first kappa shape index (κ1) is 12.0. The summed E-state index contributed by atoms with van der Waals surface area (Å²) in [5.41, 5.74) is 1.28. The molecule has 1 heterocycles. The van der Waals surface area contributed by atoms with Crippen LogP contribution in [0.1, 0.15) is 11.3 Å². The van der Waals surface area contributed by atoms with Gasteiger partial charge in [0, 0.05) is 6.42 Å². The van der Waals surface area contributed by atoms with E-state index in [0.29, 0.717) is 28.0 Å². The Kier molecular flexibility index (Phi) is 3.68. The first-order valence-corrected chi connectivity index (χ1v) is 5.79. The molecule has 1 aromatic carbocycles. The van der Waals surface area contributed by atoms with Crippen molar-refractivity contribution < 1.29 is 9.13 Å². The molecule has 2 rings (SSSR count). The molecule has 1 aromatic heterocycles. The van der Waals surface area contributed by atoms with Gasteiger partial charge in [0.05, 0.1) is 17.3 Å². The van der Waals surface area contributed by atoms with Gasteiger partial charge in [-0.15, -0.1) is 5.10 Å². The van der Waals surface area contributed by atoms with E-state index in [2.05, 4.69) is 26.1 Å². The highest BCUT2D eigenvalue weighted by Gasteiger charge is 2.07. The summed E-state index contributed by atoms with van der Waals surface area (Å²) >= 11 is 3.32. The van der Waals surface area contributed by atoms with Crippen molar-refractivity contribution in [2.45, 2.75) is 6.42 Å². The van der Waals surface area contributed by atoms with Crippen molar-refractivity contribution in [2.24, 2.45) is 0 Å². The van der Waals surface area contributed by atoms with E-state index in [9.17, 15) is 4.39 Å².